The smallest absolute Gasteiger partial charge is 0.304 e. The summed E-state index contributed by atoms with van der Waals surface area (Å²) in [5, 5.41) is 4.42. The van der Waals surface area contributed by atoms with Crippen LogP contribution in [-0.2, 0) is 17.8 Å². The molecule has 94 valence electrons. The number of rotatable bonds is 4. The second-order valence-corrected chi connectivity index (χ2v) is 4.67. The summed E-state index contributed by atoms with van der Waals surface area (Å²) in [7, 11) is 0. The number of hydrogen-bond donors (Lipinski definition) is 3. The molecule has 0 fully saturated rings. The number of benzene rings is 1. The van der Waals surface area contributed by atoms with Crippen molar-refractivity contribution in [2.45, 2.75) is 13.0 Å². The number of aromatic nitrogens is 1. The molecule has 0 aliphatic carbocycles. The Morgan fingerprint density at radius 2 is 2.17 bits per heavy atom. The molecule has 6 heteroatoms. The van der Waals surface area contributed by atoms with Gasteiger partial charge in [-0.25, -0.2) is 0 Å². The van der Waals surface area contributed by atoms with Crippen molar-refractivity contribution in [2.75, 3.05) is 5.73 Å². The second kappa shape index (κ2) is 5.50. The topological polar surface area (TPSA) is 88.0 Å². The quantitative estimate of drug-likeness (QED) is 0.715. The van der Waals surface area contributed by atoms with Crippen molar-refractivity contribution in [3.8, 4) is 0 Å². The lowest BCUT2D eigenvalue weighted by atomic mass is 10.1. The summed E-state index contributed by atoms with van der Waals surface area (Å²) in [6, 6.07) is 7.25. The first kappa shape index (κ1) is 12.4. The van der Waals surface area contributed by atoms with Gasteiger partial charge in [-0.15, -0.1) is 0 Å². The van der Waals surface area contributed by atoms with E-state index in [2.05, 4.69) is 10.3 Å². The standard InChI is InChI=1S/C12H13N3O2S/c13-10-4-2-1-3-8(10)5-11(16)14-6-9-7-18-12(17)15-9/h1-4,7H,5-6,13H2,(H,14,16)(H,15,17). The predicted molar refractivity (Wildman–Crippen MR) is 71.3 cm³/mol. The second-order valence-electron chi connectivity index (χ2n) is 3.83. The molecular formula is C12H13N3O2S. The molecule has 0 saturated carbocycles. The molecule has 1 aromatic carbocycles. The van der Waals surface area contributed by atoms with Crippen LogP contribution in [0.4, 0.5) is 5.69 Å². The third-order valence-electron chi connectivity index (χ3n) is 2.45. The fraction of sp³-hybridized carbons (Fsp3) is 0.167. The van der Waals surface area contributed by atoms with E-state index >= 15 is 0 Å². The van der Waals surface area contributed by atoms with Crippen LogP contribution in [0.3, 0.4) is 0 Å². The van der Waals surface area contributed by atoms with Gasteiger partial charge in [0.2, 0.25) is 5.91 Å². The predicted octanol–water partition coefficient (Wildman–Crippen LogP) is 0.877. The van der Waals surface area contributed by atoms with Crippen molar-refractivity contribution >= 4 is 22.9 Å². The molecule has 18 heavy (non-hydrogen) atoms. The number of para-hydroxylation sites is 1. The number of amides is 1. The molecular weight excluding hydrogens is 250 g/mol. The summed E-state index contributed by atoms with van der Waals surface area (Å²) < 4.78 is 0. The Morgan fingerprint density at radius 1 is 1.39 bits per heavy atom. The molecule has 5 nitrogen and oxygen atoms in total. The molecule has 0 aliphatic rings. The Bertz CT molecular complexity index is 603. The highest BCUT2D eigenvalue weighted by atomic mass is 32.1. The fourth-order valence-corrected chi connectivity index (χ4v) is 2.11. The Labute approximate surface area is 108 Å². The van der Waals surface area contributed by atoms with Crippen LogP contribution in [0.15, 0.2) is 34.4 Å². The first-order valence-corrected chi connectivity index (χ1v) is 6.30. The average molecular weight is 263 g/mol. The Hall–Kier alpha value is -2.08. The molecule has 4 N–H and O–H groups in total. The number of anilines is 1. The molecule has 0 atom stereocenters. The van der Waals surface area contributed by atoms with Gasteiger partial charge in [-0.1, -0.05) is 29.5 Å². The van der Waals surface area contributed by atoms with Crippen molar-refractivity contribution in [3.63, 3.8) is 0 Å². The summed E-state index contributed by atoms with van der Waals surface area (Å²) in [5.41, 5.74) is 7.87. The van der Waals surface area contributed by atoms with E-state index in [-0.39, 0.29) is 17.2 Å². The van der Waals surface area contributed by atoms with E-state index in [0.717, 1.165) is 16.9 Å². The third kappa shape index (κ3) is 3.21. The zero-order valence-electron chi connectivity index (χ0n) is 9.60. The number of nitrogen functional groups attached to an aromatic ring is 1. The minimum atomic E-state index is -0.125. The van der Waals surface area contributed by atoms with E-state index in [0.29, 0.717) is 17.9 Å². The molecule has 2 aromatic rings. The number of nitrogens with two attached hydrogens (primary N) is 1. The zero-order chi connectivity index (χ0) is 13.0. The Kier molecular flexibility index (Phi) is 3.78. The van der Waals surface area contributed by atoms with Gasteiger partial charge in [-0.2, -0.15) is 0 Å². The lowest BCUT2D eigenvalue weighted by Crippen LogP contribution is -2.25. The fourth-order valence-electron chi connectivity index (χ4n) is 1.52. The van der Waals surface area contributed by atoms with Crippen molar-refractivity contribution in [1.82, 2.24) is 10.3 Å². The summed E-state index contributed by atoms with van der Waals surface area (Å²) in [5.74, 6) is -0.125. The van der Waals surface area contributed by atoms with Crippen LogP contribution in [0.25, 0.3) is 0 Å². The van der Waals surface area contributed by atoms with Crippen LogP contribution in [0.2, 0.25) is 0 Å². The first-order valence-electron chi connectivity index (χ1n) is 5.42. The number of H-pyrrole nitrogens is 1. The molecule has 0 bridgehead atoms. The SMILES string of the molecule is Nc1ccccc1CC(=O)NCc1csc(=O)[nH]1. The first-order chi connectivity index (χ1) is 8.65. The highest BCUT2D eigenvalue weighted by Crippen LogP contribution is 2.10. The van der Waals surface area contributed by atoms with Gasteiger partial charge in [-0.3, -0.25) is 9.59 Å². The van der Waals surface area contributed by atoms with Crippen LogP contribution >= 0.6 is 11.3 Å². The van der Waals surface area contributed by atoms with Gasteiger partial charge in [-0.05, 0) is 11.6 Å². The highest BCUT2D eigenvalue weighted by Gasteiger charge is 2.06. The highest BCUT2D eigenvalue weighted by molar-refractivity contribution is 7.07. The van der Waals surface area contributed by atoms with E-state index in [1.165, 1.54) is 0 Å². The van der Waals surface area contributed by atoms with Gasteiger partial charge in [0.05, 0.1) is 13.0 Å². The van der Waals surface area contributed by atoms with Gasteiger partial charge in [0.1, 0.15) is 0 Å². The normalized spacial score (nSPS) is 10.2. The molecule has 1 aromatic heterocycles. The van der Waals surface area contributed by atoms with Gasteiger partial charge in [0.15, 0.2) is 0 Å². The largest absolute Gasteiger partial charge is 0.398 e. The molecule has 0 radical (unpaired) electrons. The van der Waals surface area contributed by atoms with Crippen LogP contribution in [0.1, 0.15) is 11.3 Å². The van der Waals surface area contributed by atoms with E-state index in [1.54, 1.807) is 11.4 Å². The lowest BCUT2D eigenvalue weighted by Gasteiger charge is -2.06. The number of hydrogen-bond acceptors (Lipinski definition) is 4. The van der Waals surface area contributed by atoms with E-state index in [1.807, 2.05) is 18.2 Å². The number of thiazole rings is 1. The third-order valence-corrected chi connectivity index (χ3v) is 3.17. The van der Waals surface area contributed by atoms with Crippen molar-refractivity contribution in [2.24, 2.45) is 0 Å². The van der Waals surface area contributed by atoms with Crippen molar-refractivity contribution < 1.29 is 4.79 Å². The van der Waals surface area contributed by atoms with Gasteiger partial charge < -0.3 is 16.0 Å². The summed E-state index contributed by atoms with van der Waals surface area (Å²) in [4.78, 5) is 25.1. The maximum Gasteiger partial charge on any atom is 0.304 e. The molecule has 0 unspecified atom stereocenters. The van der Waals surface area contributed by atoms with Crippen LogP contribution in [0, 0.1) is 0 Å². The molecule has 0 aliphatic heterocycles. The number of carbonyl (C=O) groups excluding carboxylic acids is 1. The number of carbonyl (C=O) groups is 1. The van der Waals surface area contributed by atoms with Crippen LogP contribution < -0.4 is 15.9 Å². The Morgan fingerprint density at radius 3 is 2.83 bits per heavy atom. The van der Waals surface area contributed by atoms with Crippen LogP contribution in [0.5, 0.6) is 0 Å². The monoisotopic (exact) mass is 263 g/mol. The van der Waals surface area contributed by atoms with Gasteiger partial charge in [0, 0.05) is 16.8 Å². The maximum atomic E-state index is 11.7. The molecule has 1 heterocycles. The number of aromatic amines is 1. The summed E-state index contributed by atoms with van der Waals surface area (Å²) >= 11 is 1.08. The van der Waals surface area contributed by atoms with Crippen molar-refractivity contribution in [3.05, 3.63) is 50.6 Å². The van der Waals surface area contributed by atoms with E-state index < -0.39 is 0 Å². The van der Waals surface area contributed by atoms with Gasteiger partial charge >= 0.3 is 4.87 Å². The molecule has 1 amide bonds. The van der Waals surface area contributed by atoms with Crippen molar-refractivity contribution in [1.29, 1.82) is 0 Å². The van der Waals surface area contributed by atoms with E-state index in [9.17, 15) is 9.59 Å². The molecule has 0 saturated heterocycles. The average Bonchev–Trinajstić information content (AvgIpc) is 2.76. The minimum absolute atomic E-state index is 0.119. The molecule has 2 rings (SSSR count). The Balaban J connectivity index is 1.90. The summed E-state index contributed by atoms with van der Waals surface area (Å²) in [6.45, 7) is 0.324. The zero-order valence-corrected chi connectivity index (χ0v) is 10.4. The van der Waals surface area contributed by atoms with E-state index in [4.69, 9.17) is 5.73 Å². The lowest BCUT2D eigenvalue weighted by molar-refractivity contribution is -0.120. The minimum Gasteiger partial charge on any atom is -0.398 e. The van der Waals surface area contributed by atoms with Crippen LogP contribution in [-0.4, -0.2) is 10.9 Å². The van der Waals surface area contributed by atoms with Gasteiger partial charge in [0.25, 0.3) is 0 Å². The maximum absolute atomic E-state index is 11.7. The summed E-state index contributed by atoms with van der Waals surface area (Å²) in [6.07, 6.45) is 0.237. The number of nitrogens with one attached hydrogen (secondary N) is 2. The molecule has 0 spiro atoms.